The predicted octanol–water partition coefficient (Wildman–Crippen LogP) is 2.60. The largest absolute Gasteiger partial charge is 0.250 e. The predicted molar refractivity (Wildman–Crippen MR) is 79.4 cm³/mol. The van der Waals surface area contributed by atoms with E-state index in [9.17, 15) is 8.42 Å². The number of aromatic nitrogens is 1. The van der Waals surface area contributed by atoms with Gasteiger partial charge in [0.1, 0.15) is 4.21 Å². The third kappa shape index (κ3) is 3.85. The highest BCUT2D eigenvalue weighted by Gasteiger charge is 2.16. The van der Waals surface area contributed by atoms with Crippen LogP contribution in [0.3, 0.4) is 0 Å². The van der Waals surface area contributed by atoms with Gasteiger partial charge in [0.15, 0.2) is 0 Å². The highest BCUT2D eigenvalue weighted by Crippen LogP contribution is 2.21. The summed E-state index contributed by atoms with van der Waals surface area (Å²) in [5.41, 5.74) is 0. The molecule has 4 nitrogen and oxygen atoms in total. The van der Waals surface area contributed by atoms with Crippen LogP contribution in [0.1, 0.15) is 21.7 Å². The molecule has 7 heteroatoms. The Morgan fingerprint density at radius 2 is 2.11 bits per heavy atom. The highest BCUT2D eigenvalue weighted by molar-refractivity contribution is 7.91. The maximum atomic E-state index is 12.0. The zero-order chi connectivity index (χ0) is 13.9. The second kappa shape index (κ2) is 6.13. The van der Waals surface area contributed by atoms with Crippen molar-refractivity contribution in [2.45, 2.75) is 30.9 Å². The third-order valence-electron chi connectivity index (χ3n) is 2.55. The van der Waals surface area contributed by atoms with Gasteiger partial charge in [0.05, 0.1) is 5.01 Å². The molecule has 0 aliphatic carbocycles. The van der Waals surface area contributed by atoms with Crippen LogP contribution in [0.15, 0.2) is 22.5 Å². The van der Waals surface area contributed by atoms with Crippen LogP contribution in [0.4, 0.5) is 0 Å². The van der Waals surface area contributed by atoms with Gasteiger partial charge in [-0.3, -0.25) is 0 Å². The van der Waals surface area contributed by atoms with Crippen molar-refractivity contribution in [2.24, 2.45) is 0 Å². The van der Waals surface area contributed by atoms with Crippen molar-refractivity contribution in [2.75, 3.05) is 6.54 Å². The number of hydrogen-bond acceptors (Lipinski definition) is 5. The molecule has 1 N–H and O–H groups in total. The minimum Gasteiger partial charge on any atom is -0.249 e. The van der Waals surface area contributed by atoms with Gasteiger partial charge in [-0.2, -0.15) is 0 Å². The molecule has 19 heavy (non-hydrogen) atoms. The molecule has 0 fully saturated rings. The van der Waals surface area contributed by atoms with Gasteiger partial charge in [-0.1, -0.05) is 6.92 Å². The molecule has 0 radical (unpaired) electrons. The van der Waals surface area contributed by atoms with E-state index in [1.165, 1.54) is 11.3 Å². The van der Waals surface area contributed by atoms with Crippen LogP contribution in [-0.2, 0) is 22.9 Å². The Hall–Kier alpha value is -0.760. The Bertz CT molecular complexity index is 643. The highest BCUT2D eigenvalue weighted by atomic mass is 32.2. The first-order valence-corrected chi connectivity index (χ1v) is 9.12. The molecule has 0 bridgehead atoms. The van der Waals surface area contributed by atoms with Crippen molar-refractivity contribution in [1.82, 2.24) is 9.71 Å². The number of rotatable bonds is 6. The molecule has 2 heterocycles. The van der Waals surface area contributed by atoms with Gasteiger partial charge >= 0.3 is 0 Å². The van der Waals surface area contributed by atoms with Crippen LogP contribution in [-0.4, -0.2) is 19.9 Å². The van der Waals surface area contributed by atoms with Gasteiger partial charge in [0, 0.05) is 28.9 Å². The second-order valence-corrected chi connectivity index (χ2v) is 8.57. The van der Waals surface area contributed by atoms with Crippen LogP contribution >= 0.6 is 22.7 Å². The van der Waals surface area contributed by atoms with E-state index in [2.05, 4.69) is 9.71 Å². The molecule has 2 rings (SSSR count). The molecule has 2 aromatic heterocycles. The number of aryl methyl sites for hydroxylation is 2. The van der Waals surface area contributed by atoms with Crippen LogP contribution in [0.5, 0.6) is 0 Å². The molecule has 0 atom stereocenters. The van der Waals surface area contributed by atoms with Crippen molar-refractivity contribution in [1.29, 1.82) is 0 Å². The second-order valence-electron chi connectivity index (χ2n) is 4.09. The number of nitrogens with zero attached hydrogens (tertiary/aromatic N) is 1. The maximum absolute atomic E-state index is 12.0. The lowest BCUT2D eigenvalue weighted by Gasteiger charge is -2.02. The lowest BCUT2D eigenvalue weighted by atomic mass is 10.4. The Labute approximate surface area is 121 Å². The number of thiophene rings is 1. The average Bonchev–Trinajstić information content (AvgIpc) is 2.98. The topological polar surface area (TPSA) is 59.1 Å². The summed E-state index contributed by atoms with van der Waals surface area (Å²) in [5.74, 6) is 0. The Kier molecular flexibility index (Phi) is 4.72. The summed E-state index contributed by atoms with van der Waals surface area (Å²) >= 11 is 2.93. The number of hydrogen-bond donors (Lipinski definition) is 1. The Morgan fingerprint density at radius 1 is 1.32 bits per heavy atom. The minimum absolute atomic E-state index is 0.384. The van der Waals surface area contributed by atoms with Crippen molar-refractivity contribution in [3.05, 3.63) is 33.1 Å². The van der Waals surface area contributed by atoms with Crippen molar-refractivity contribution in [3.8, 4) is 0 Å². The molecule has 0 aromatic carbocycles. The normalized spacial score (nSPS) is 11.9. The number of thiazole rings is 1. The Balaban J connectivity index is 1.94. The minimum atomic E-state index is -3.37. The van der Waals surface area contributed by atoms with E-state index in [0.29, 0.717) is 17.2 Å². The van der Waals surface area contributed by atoms with Crippen LogP contribution < -0.4 is 4.72 Å². The average molecular weight is 316 g/mol. The fraction of sp³-hybridized carbons (Fsp3) is 0.417. The van der Waals surface area contributed by atoms with Gasteiger partial charge in [-0.05, 0) is 25.5 Å². The van der Waals surface area contributed by atoms with E-state index in [0.717, 1.165) is 21.2 Å². The monoisotopic (exact) mass is 316 g/mol. The quantitative estimate of drug-likeness (QED) is 0.891. The summed E-state index contributed by atoms with van der Waals surface area (Å²) < 4.78 is 27.1. The summed E-state index contributed by atoms with van der Waals surface area (Å²) in [7, 11) is -3.37. The summed E-state index contributed by atoms with van der Waals surface area (Å²) in [6.07, 6.45) is 3.30. The molecule has 0 amide bonds. The van der Waals surface area contributed by atoms with E-state index in [1.54, 1.807) is 23.6 Å². The lowest BCUT2D eigenvalue weighted by Crippen LogP contribution is -2.25. The standard InChI is InChI=1S/C12H16N2O2S3/c1-3-10-4-5-12(18-10)19(15,16)14-7-6-11-13-8-9(2)17-11/h4-5,8,14H,3,6-7H2,1-2H3. The maximum Gasteiger partial charge on any atom is 0.250 e. The molecular weight excluding hydrogens is 300 g/mol. The van der Waals surface area contributed by atoms with Crippen molar-refractivity contribution in [3.63, 3.8) is 0 Å². The molecule has 104 valence electrons. The number of nitrogens with one attached hydrogen (secondary N) is 1. The fourth-order valence-corrected chi connectivity index (χ4v) is 4.73. The zero-order valence-corrected chi connectivity index (χ0v) is 13.3. The first-order valence-electron chi connectivity index (χ1n) is 6.01. The van der Waals surface area contributed by atoms with Gasteiger partial charge in [-0.15, -0.1) is 22.7 Å². The molecular formula is C12H16N2O2S3. The molecule has 0 spiro atoms. The van der Waals surface area contributed by atoms with E-state index in [-0.39, 0.29) is 0 Å². The molecule has 0 saturated carbocycles. The van der Waals surface area contributed by atoms with E-state index < -0.39 is 10.0 Å². The molecule has 0 unspecified atom stereocenters. The smallest absolute Gasteiger partial charge is 0.249 e. The molecule has 0 saturated heterocycles. The first kappa shape index (κ1) is 14.6. The zero-order valence-electron chi connectivity index (χ0n) is 10.8. The summed E-state index contributed by atoms with van der Waals surface area (Å²) in [6.45, 7) is 4.39. The Morgan fingerprint density at radius 3 is 2.68 bits per heavy atom. The SMILES string of the molecule is CCc1ccc(S(=O)(=O)NCCc2ncc(C)s2)s1. The van der Waals surface area contributed by atoms with Gasteiger partial charge in [-0.25, -0.2) is 18.1 Å². The van der Waals surface area contributed by atoms with Gasteiger partial charge < -0.3 is 0 Å². The van der Waals surface area contributed by atoms with Crippen LogP contribution in [0.2, 0.25) is 0 Å². The molecule has 0 aliphatic heterocycles. The molecule has 0 aliphatic rings. The first-order chi connectivity index (χ1) is 9.01. The van der Waals surface area contributed by atoms with E-state index in [1.807, 2.05) is 19.9 Å². The summed E-state index contributed by atoms with van der Waals surface area (Å²) in [6, 6.07) is 3.53. The summed E-state index contributed by atoms with van der Waals surface area (Å²) in [5, 5.41) is 0.959. The third-order valence-corrected chi connectivity index (χ3v) is 6.71. The van der Waals surface area contributed by atoms with E-state index >= 15 is 0 Å². The molecule has 2 aromatic rings. The van der Waals surface area contributed by atoms with Gasteiger partial charge in [0.2, 0.25) is 10.0 Å². The van der Waals surface area contributed by atoms with Crippen LogP contribution in [0.25, 0.3) is 0 Å². The van der Waals surface area contributed by atoms with E-state index in [4.69, 9.17) is 0 Å². The number of sulfonamides is 1. The van der Waals surface area contributed by atoms with Crippen molar-refractivity contribution < 1.29 is 8.42 Å². The lowest BCUT2D eigenvalue weighted by molar-refractivity contribution is 0.583. The van der Waals surface area contributed by atoms with Crippen molar-refractivity contribution >= 4 is 32.7 Å². The summed E-state index contributed by atoms with van der Waals surface area (Å²) in [4.78, 5) is 6.43. The fourth-order valence-electron chi connectivity index (χ4n) is 1.57. The van der Waals surface area contributed by atoms with Gasteiger partial charge in [0.25, 0.3) is 0 Å². The van der Waals surface area contributed by atoms with Crippen LogP contribution in [0, 0.1) is 6.92 Å².